The number of benzene rings is 3. The Balaban J connectivity index is 2.03. The lowest BCUT2D eigenvalue weighted by atomic mass is 9.87. The minimum absolute atomic E-state index is 0.240. The zero-order valence-corrected chi connectivity index (χ0v) is 21.1. The van der Waals surface area contributed by atoms with Gasteiger partial charge in [0.1, 0.15) is 7.05 Å². The van der Waals surface area contributed by atoms with Crippen LogP contribution in [0.25, 0.3) is 49.0 Å². The maximum absolute atomic E-state index is 2.59. The molecule has 0 N–H and O–H groups in total. The number of hydrogen-bond acceptors (Lipinski definition) is 0. The molecule has 0 fully saturated rings. The summed E-state index contributed by atoms with van der Waals surface area (Å²) >= 11 is 0. The van der Waals surface area contributed by atoms with E-state index in [9.17, 15) is 0 Å². The van der Waals surface area contributed by atoms with Crippen LogP contribution in [0.2, 0.25) is 0 Å². The number of aromatic nitrogens is 2. The molecule has 6 aromatic rings. The summed E-state index contributed by atoms with van der Waals surface area (Å²) in [5.74, 6) is 0. The van der Waals surface area contributed by atoms with Gasteiger partial charge in [-0.15, -0.1) is 0 Å². The van der Waals surface area contributed by atoms with Gasteiger partial charge in [-0.25, -0.2) is 4.57 Å². The van der Waals surface area contributed by atoms with Gasteiger partial charge in [-0.05, 0) is 84.9 Å². The van der Waals surface area contributed by atoms with Crippen LogP contribution in [0.15, 0.2) is 42.6 Å². The molecule has 0 saturated carbocycles. The molecule has 0 unspecified atom stereocenters. The van der Waals surface area contributed by atoms with Crippen LogP contribution in [0.5, 0.6) is 0 Å². The molecular weight excluding hydrogens is 400 g/mol. The summed E-state index contributed by atoms with van der Waals surface area (Å²) in [5.41, 5.74) is 12.5. The van der Waals surface area contributed by atoms with Gasteiger partial charge < -0.3 is 4.40 Å². The number of hydrogen-bond donors (Lipinski definition) is 0. The fraction of sp³-hybridized carbons (Fsp3) is 0.323. The molecule has 0 amide bonds. The molecule has 0 bridgehead atoms. The Morgan fingerprint density at radius 1 is 0.788 bits per heavy atom. The first-order chi connectivity index (χ1) is 15.6. The highest BCUT2D eigenvalue weighted by atomic mass is 15.0. The molecule has 0 aliphatic rings. The van der Waals surface area contributed by atoms with Crippen LogP contribution in [-0.2, 0) is 13.5 Å². The first kappa shape index (κ1) is 20.5. The third-order valence-corrected chi connectivity index (χ3v) is 7.61. The van der Waals surface area contributed by atoms with Gasteiger partial charge in [0.05, 0.1) is 27.3 Å². The zero-order valence-electron chi connectivity index (χ0n) is 21.1. The Kier molecular flexibility index (Phi) is 4.01. The molecule has 0 aliphatic heterocycles. The molecule has 33 heavy (non-hydrogen) atoms. The van der Waals surface area contributed by atoms with Crippen LogP contribution >= 0.6 is 0 Å². The van der Waals surface area contributed by atoms with Crippen molar-refractivity contribution >= 4 is 49.0 Å². The van der Waals surface area contributed by atoms with Crippen molar-refractivity contribution in [3.05, 3.63) is 70.4 Å². The molecule has 0 aliphatic carbocycles. The summed E-state index contributed by atoms with van der Waals surface area (Å²) in [6.07, 6.45) is 3.30. The number of fused-ring (bicyclic) bond motifs is 5. The summed E-state index contributed by atoms with van der Waals surface area (Å²) < 4.78 is 4.92. The van der Waals surface area contributed by atoms with Gasteiger partial charge in [-0.1, -0.05) is 39.0 Å². The second kappa shape index (κ2) is 6.47. The van der Waals surface area contributed by atoms with Crippen molar-refractivity contribution in [2.75, 3.05) is 0 Å². The second-order valence-electron chi connectivity index (χ2n) is 11.4. The van der Waals surface area contributed by atoms with E-state index in [1.807, 2.05) is 0 Å². The Labute approximate surface area is 195 Å². The lowest BCUT2D eigenvalue weighted by molar-refractivity contribution is -0.643. The van der Waals surface area contributed by atoms with Crippen LogP contribution in [0, 0.1) is 33.1 Å². The first-order valence-corrected chi connectivity index (χ1v) is 12.1. The van der Waals surface area contributed by atoms with E-state index in [-0.39, 0.29) is 5.41 Å². The molecule has 3 aromatic heterocycles. The maximum atomic E-state index is 2.59. The molecule has 3 aromatic carbocycles. The van der Waals surface area contributed by atoms with Crippen LogP contribution in [0.4, 0.5) is 0 Å². The van der Waals surface area contributed by atoms with Gasteiger partial charge in [-0.3, -0.25) is 0 Å². The largest absolute Gasteiger partial charge is 0.307 e. The summed E-state index contributed by atoms with van der Waals surface area (Å²) in [6.45, 7) is 16.1. The van der Waals surface area contributed by atoms with E-state index in [2.05, 4.69) is 107 Å². The molecule has 166 valence electrons. The van der Waals surface area contributed by atoms with Gasteiger partial charge >= 0.3 is 0 Å². The Morgan fingerprint density at radius 3 is 2.24 bits per heavy atom. The molecule has 2 heteroatoms. The predicted octanol–water partition coefficient (Wildman–Crippen LogP) is 7.64. The van der Waals surface area contributed by atoms with Crippen LogP contribution in [0.3, 0.4) is 0 Å². The van der Waals surface area contributed by atoms with Crippen molar-refractivity contribution in [1.82, 2.24) is 4.40 Å². The average molecular weight is 434 g/mol. The molecule has 0 radical (unpaired) electrons. The van der Waals surface area contributed by atoms with Crippen LogP contribution in [0.1, 0.15) is 48.6 Å². The third kappa shape index (κ3) is 2.70. The summed E-state index contributed by atoms with van der Waals surface area (Å²) in [6, 6.07) is 14.2. The van der Waals surface area contributed by atoms with Gasteiger partial charge in [-0.2, -0.15) is 0 Å². The van der Waals surface area contributed by atoms with E-state index in [0.717, 1.165) is 6.42 Å². The number of pyridine rings is 2. The molecule has 0 saturated heterocycles. The number of aryl methyl sites for hydroxylation is 5. The smallest absolute Gasteiger partial charge is 0.224 e. The SMILES string of the molecule is Cc1cc2c3c(C)ccc(C)c3n3c4cc(CC(C)(C)C)cc5cc[n+](C)c(c(c1C)c23)c54. The molecule has 0 atom stereocenters. The normalized spacial score (nSPS) is 13.0. The fourth-order valence-electron chi connectivity index (χ4n) is 6.13. The standard InChI is InChI=1S/C31H33N2/c1-17-9-10-18(2)28-25(17)23-13-19(3)20(4)26-29(23)33(28)24-15-21(16-31(5,6)7)14-22-11-12-32(8)30(26)27(22)24/h9-15H,16H2,1-8H3/q+1. The van der Waals surface area contributed by atoms with Gasteiger partial charge in [0, 0.05) is 16.8 Å². The van der Waals surface area contributed by atoms with Crippen molar-refractivity contribution in [2.24, 2.45) is 12.5 Å². The highest BCUT2D eigenvalue weighted by Gasteiger charge is 2.26. The molecule has 3 heterocycles. The average Bonchev–Trinajstić information content (AvgIpc) is 3.07. The molecule has 2 nitrogen and oxygen atoms in total. The fourth-order valence-corrected chi connectivity index (χ4v) is 6.13. The van der Waals surface area contributed by atoms with Gasteiger partial charge in [0.2, 0.25) is 5.52 Å². The quantitative estimate of drug-likeness (QED) is 0.143. The Bertz CT molecular complexity index is 1760. The summed E-state index contributed by atoms with van der Waals surface area (Å²) in [4.78, 5) is 0. The highest BCUT2D eigenvalue weighted by Crippen LogP contribution is 2.43. The van der Waals surface area contributed by atoms with E-state index in [0.29, 0.717) is 0 Å². The van der Waals surface area contributed by atoms with E-state index in [1.54, 1.807) is 0 Å². The van der Waals surface area contributed by atoms with Crippen molar-refractivity contribution in [2.45, 2.75) is 54.9 Å². The lowest BCUT2D eigenvalue weighted by Gasteiger charge is -2.20. The van der Waals surface area contributed by atoms with Crippen molar-refractivity contribution < 1.29 is 4.57 Å². The maximum Gasteiger partial charge on any atom is 0.224 e. The van der Waals surface area contributed by atoms with Crippen molar-refractivity contribution in [3.8, 4) is 0 Å². The topological polar surface area (TPSA) is 8.29 Å². The van der Waals surface area contributed by atoms with E-state index in [4.69, 9.17) is 0 Å². The zero-order chi connectivity index (χ0) is 23.4. The van der Waals surface area contributed by atoms with E-state index >= 15 is 0 Å². The Hall–Kier alpha value is -3.13. The molecular formula is C31H33N2+. The minimum Gasteiger partial charge on any atom is -0.307 e. The van der Waals surface area contributed by atoms with Crippen LogP contribution in [-0.4, -0.2) is 4.40 Å². The van der Waals surface area contributed by atoms with Crippen molar-refractivity contribution in [1.29, 1.82) is 0 Å². The van der Waals surface area contributed by atoms with Crippen LogP contribution < -0.4 is 4.57 Å². The van der Waals surface area contributed by atoms with Gasteiger partial charge in [0.25, 0.3) is 0 Å². The highest BCUT2D eigenvalue weighted by molar-refractivity contribution is 6.26. The predicted molar refractivity (Wildman–Crippen MR) is 142 cm³/mol. The Morgan fingerprint density at radius 2 is 1.52 bits per heavy atom. The summed E-state index contributed by atoms with van der Waals surface area (Å²) in [5, 5.41) is 6.89. The summed E-state index contributed by atoms with van der Waals surface area (Å²) in [7, 11) is 2.20. The molecule has 0 spiro atoms. The number of nitrogens with zero attached hydrogens (tertiary/aromatic N) is 2. The van der Waals surface area contributed by atoms with Gasteiger partial charge in [0.15, 0.2) is 6.20 Å². The van der Waals surface area contributed by atoms with E-state index < -0.39 is 0 Å². The minimum atomic E-state index is 0.240. The first-order valence-electron chi connectivity index (χ1n) is 12.1. The van der Waals surface area contributed by atoms with Crippen molar-refractivity contribution in [3.63, 3.8) is 0 Å². The molecule has 6 rings (SSSR count). The third-order valence-electron chi connectivity index (χ3n) is 7.61. The monoisotopic (exact) mass is 433 g/mol. The second-order valence-corrected chi connectivity index (χ2v) is 11.4. The number of rotatable bonds is 1. The lowest BCUT2D eigenvalue weighted by Crippen LogP contribution is -2.29. The van der Waals surface area contributed by atoms with E-state index in [1.165, 1.54) is 76.8 Å².